The van der Waals surface area contributed by atoms with Crippen LogP contribution in [0.4, 0.5) is 8.78 Å². The molecule has 0 aliphatic heterocycles. The highest BCUT2D eigenvalue weighted by Gasteiger charge is 2.09. The fourth-order valence-electron chi connectivity index (χ4n) is 1.62. The molecular weight excluding hydrogens is 320 g/mol. The van der Waals surface area contributed by atoms with E-state index in [4.69, 9.17) is 4.74 Å². The molecule has 108 valence electrons. The summed E-state index contributed by atoms with van der Waals surface area (Å²) < 4.78 is 34.8. The minimum absolute atomic E-state index is 0.211. The van der Waals surface area contributed by atoms with Gasteiger partial charge < -0.3 is 14.8 Å². The zero-order chi connectivity index (χ0) is 14.1. The first kappa shape index (κ1) is 16.3. The summed E-state index contributed by atoms with van der Waals surface area (Å²) in [6, 6.07) is 5.00. The Bertz CT molecular complexity index is 378. The average Bonchev–Trinajstić information content (AvgIpc) is 2.36. The molecule has 1 N–H and O–H groups in total. The Labute approximate surface area is 120 Å². The summed E-state index contributed by atoms with van der Waals surface area (Å²) in [4.78, 5) is 0. The van der Waals surface area contributed by atoms with Crippen molar-refractivity contribution in [1.82, 2.24) is 5.32 Å². The van der Waals surface area contributed by atoms with Gasteiger partial charge in [0.25, 0.3) is 0 Å². The Morgan fingerprint density at radius 2 is 2.11 bits per heavy atom. The van der Waals surface area contributed by atoms with E-state index in [2.05, 4.69) is 26.0 Å². The van der Waals surface area contributed by atoms with Gasteiger partial charge in [0.15, 0.2) is 0 Å². The molecular formula is C13H18BrF2NO2. The van der Waals surface area contributed by atoms with Crippen LogP contribution in [0.15, 0.2) is 22.7 Å². The second-order valence-corrected chi connectivity index (χ2v) is 4.92. The number of ether oxygens (including phenoxy) is 2. The van der Waals surface area contributed by atoms with Crippen LogP contribution in [0.25, 0.3) is 0 Å². The van der Waals surface area contributed by atoms with Gasteiger partial charge in [-0.05, 0) is 37.6 Å². The van der Waals surface area contributed by atoms with E-state index in [9.17, 15) is 8.78 Å². The molecule has 1 aromatic carbocycles. The smallest absolute Gasteiger partial charge is 0.387 e. The molecule has 0 bridgehead atoms. The number of halogens is 3. The predicted molar refractivity (Wildman–Crippen MR) is 73.6 cm³/mol. The van der Waals surface area contributed by atoms with E-state index < -0.39 is 6.61 Å². The van der Waals surface area contributed by atoms with E-state index >= 15 is 0 Å². The summed E-state index contributed by atoms with van der Waals surface area (Å²) in [7, 11) is 1.67. The third-order valence-electron chi connectivity index (χ3n) is 2.51. The van der Waals surface area contributed by atoms with Gasteiger partial charge in [-0.3, -0.25) is 0 Å². The molecule has 0 aliphatic rings. The minimum atomic E-state index is -2.80. The Morgan fingerprint density at radius 3 is 2.79 bits per heavy atom. The third kappa shape index (κ3) is 6.84. The van der Waals surface area contributed by atoms with E-state index in [1.54, 1.807) is 19.2 Å². The second kappa shape index (κ2) is 9.23. The van der Waals surface area contributed by atoms with Gasteiger partial charge in [-0.2, -0.15) is 8.78 Å². The molecule has 0 saturated heterocycles. The molecule has 0 spiro atoms. The molecule has 0 aromatic heterocycles. The lowest BCUT2D eigenvalue weighted by Crippen LogP contribution is -2.16. The van der Waals surface area contributed by atoms with Crippen molar-refractivity contribution < 1.29 is 18.3 Å². The number of nitrogens with one attached hydrogen (secondary N) is 1. The summed E-state index contributed by atoms with van der Waals surface area (Å²) in [5.74, 6) is 0.211. The molecule has 0 aliphatic carbocycles. The van der Waals surface area contributed by atoms with E-state index in [0.717, 1.165) is 30.5 Å². The van der Waals surface area contributed by atoms with Crippen LogP contribution >= 0.6 is 15.9 Å². The van der Waals surface area contributed by atoms with Gasteiger partial charge in [-0.1, -0.05) is 15.9 Å². The van der Waals surface area contributed by atoms with Crippen molar-refractivity contribution in [2.45, 2.75) is 26.0 Å². The van der Waals surface area contributed by atoms with Crippen LogP contribution in [0.5, 0.6) is 5.75 Å². The van der Waals surface area contributed by atoms with Crippen LogP contribution in [0.1, 0.15) is 18.4 Å². The summed E-state index contributed by atoms with van der Waals surface area (Å²) in [6.07, 6.45) is 1.95. The summed E-state index contributed by atoms with van der Waals surface area (Å²) in [6.45, 7) is -0.766. The van der Waals surface area contributed by atoms with E-state index in [-0.39, 0.29) is 5.75 Å². The normalized spacial score (nSPS) is 11.0. The summed E-state index contributed by atoms with van der Waals surface area (Å²) in [5.41, 5.74) is 0.710. The van der Waals surface area contributed by atoms with Crippen molar-refractivity contribution in [1.29, 1.82) is 0 Å². The molecule has 0 unspecified atom stereocenters. The monoisotopic (exact) mass is 337 g/mol. The second-order valence-electron chi connectivity index (χ2n) is 4.01. The highest BCUT2D eigenvalue weighted by atomic mass is 79.9. The number of methoxy groups -OCH3 is 1. The lowest BCUT2D eigenvalue weighted by atomic mass is 10.2. The molecule has 19 heavy (non-hydrogen) atoms. The van der Waals surface area contributed by atoms with E-state index in [1.807, 2.05) is 0 Å². The largest absolute Gasteiger partial charge is 0.434 e. The van der Waals surface area contributed by atoms with Crippen LogP contribution in [0.3, 0.4) is 0 Å². The van der Waals surface area contributed by atoms with Gasteiger partial charge in [-0.25, -0.2) is 0 Å². The number of hydrogen-bond donors (Lipinski definition) is 1. The Hall–Kier alpha value is -0.720. The lowest BCUT2D eigenvalue weighted by molar-refractivity contribution is -0.0505. The van der Waals surface area contributed by atoms with Gasteiger partial charge in [0.2, 0.25) is 0 Å². The summed E-state index contributed by atoms with van der Waals surface area (Å²) >= 11 is 3.32. The Kier molecular flexibility index (Phi) is 7.93. The van der Waals surface area contributed by atoms with Crippen molar-refractivity contribution in [3.8, 4) is 5.75 Å². The van der Waals surface area contributed by atoms with Gasteiger partial charge in [-0.15, -0.1) is 0 Å². The first-order valence-electron chi connectivity index (χ1n) is 6.06. The zero-order valence-corrected chi connectivity index (χ0v) is 12.4. The molecule has 6 heteroatoms. The maximum absolute atomic E-state index is 12.3. The predicted octanol–water partition coefficient (Wildman–Crippen LogP) is 3.57. The van der Waals surface area contributed by atoms with Crippen molar-refractivity contribution >= 4 is 15.9 Å². The molecule has 3 nitrogen and oxygen atoms in total. The van der Waals surface area contributed by atoms with Gasteiger partial charge in [0.05, 0.1) is 0 Å². The fourth-order valence-corrected chi connectivity index (χ4v) is 2.03. The molecule has 0 amide bonds. The lowest BCUT2D eigenvalue weighted by Gasteiger charge is -2.12. The first-order valence-corrected chi connectivity index (χ1v) is 6.85. The maximum Gasteiger partial charge on any atom is 0.387 e. The van der Waals surface area contributed by atoms with Gasteiger partial charge in [0.1, 0.15) is 5.75 Å². The zero-order valence-electron chi connectivity index (χ0n) is 10.8. The average molecular weight is 338 g/mol. The van der Waals surface area contributed by atoms with Crippen molar-refractivity contribution in [2.75, 3.05) is 20.3 Å². The number of benzene rings is 1. The number of rotatable bonds is 9. The van der Waals surface area contributed by atoms with Gasteiger partial charge >= 0.3 is 6.61 Å². The number of alkyl halides is 2. The van der Waals surface area contributed by atoms with Crippen LogP contribution in [-0.2, 0) is 11.3 Å². The highest BCUT2D eigenvalue weighted by Crippen LogP contribution is 2.24. The van der Waals surface area contributed by atoms with Crippen LogP contribution in [0.2, 0.25) is 0 Å². The molecule has 0 fully saturated rings. The molecule has 0 heterocycles. The van der Waals surface area contributed by atoms with E-state index in [0.29, 0.717) is 12.1 Å². The van der Waals surface area contributed by atoms with Crippen LogP contribution in [0, 0.1) is 0 Å². The van der Waals surface area contributed by atoms with Crippen molar-refractivity contribution in [3.05, 3.63) is 28.2 Å². The van der Waals surface area contributed by atoms with Crippen molar-refractivity contribution in [3.63, 3.8) is 0 Å². The minimum Gasteiger partial charge on any atom is -0.434 e. The van der Waals surface area contributed by atoms with E-state index in [1.165, 1.54) is 6.07 Å². The standard InChI is InChI=1S/C13H18BrF2NO2/c1-18-7-3-2-6-17-9-10-8-11(14)4-5-12(10)19-13(15)16/h4-5,8,13,17H,2-3,6-7,9H2,1H3. The molecule has 0 radical (unpaired) electrons. The molecule has 1 aromatic rings. The quantitative estimate of drug-likeness (QED) is 0.699. The SMILES string of the molecule is COCCCCNCc1cc(Br)ccc1OC(F)F. The maximum atomic E-state index is 12.3. The number of hydrogen-bond acceptors (Lipinski definition) is 3. The van der Waals surface area contributed by atoms with Crippen LogP contribution in [-0.4, -0.2) is 26.9 Å². The third-order valence-corrected chi connectivity index (χ3v) is 3.00. The van der Waals surface area contributed by atoms with Crippen LogP contribution < -0.4 is 10.1 Å². The Morgan fingerprint density at radius 1 is 1.32 bits per heavy atom. The topological polar surface area (TPSA) is 30.5 Å². The Balaban J connectivity index is 2.44. The fraction of sp³-hybridized carbons (Fsp3) is 0.538. The van der Waals surface area contributed by atoms with Crippen molar-refractivity contribution in [2.24, 2.45) is 0 Å². The summed E-state index contributed by atoms with van der Waals surface area (Å²) in [5, 5.41) is 3.20. The first-order chi connectivity index (χ1) is 9.13. The molecule has 0 saturated carbocycles. The number of unbranched alkanes of at least 4 members (excludes halogenated alkanes) is 1. The molecule has 0 atom stereocenters. The molecule has 1 rings (SSSR count). The van der Waals surface area contributed by atoms with Gasteiger partial charge in [0, 0.05) is 30.3 Å². The highest BCUT2D eigenvalue weighted by molar-refractivity contribution is 9.10.